The Balaban J connectivity index is 1.99. The third kappa shape index (κ3) is 5.77. The number of anilines is 1. The Morgan fingerprint density at radius 1 is 1.18 bits per heavy atom. The van der Waals surface area contributed by atoms with Crippen LogP contribution in [0.15, 0.2) is 23.8 Å². The van der Waals surface area contributed by atoms with Gasteiger partial charge < -0.3 is 24.2 Å². The molecular weight excluding hydrogens is 440 g/mol. The van der Waals surface area contributed by atoms with Crippen molar-refractivity contribution in [3.63, 3.8) is 0 Å². The average molecular weight is 477 g/mol. The maximum Gasteiger partial charge on any atom is 0.257 e. The Morgan fingerprint density at radius 3 is 2.58 bits per heavy atom. The summed E-state index contributed by atoms with van der Waals surface area (Å²) in [5.74, 6) is 0.480. The van der Waals surface area contributed by atoms with E-state index >= 15 is 0 Å². The quantitative estimate of drug-likeness (QED) is 0.317. The van der Waals surface area contributed by atoms with Crippen molar-refractivity contribution in [3.05, 3.63) is 29.3 Å². The number of ether oxygens (including phenoxy) is 3. The zero-order chi connectivity index (χ0) is 24.2. The van der Waals surface area contributed by atoms with Gasteiger partial charge in [0.1, 0.15) is 12.8 Å². The molecule has 0 saturated carbocycles. The van der Waals surface area contributed by atoms with Crippen LogP contribution in [-0.4, -0.2) is 76.1 Å². The minimum absolute atomic E-state index is 0.00516. The van der Waals surface area contributed by atoms with Crippen LogP contribution >= 0.6 is 0 Å². The highest BCUT2D eigenvalue weighted by molar-refractivity contribution is 6.76. The van der Waals surface area contributed by atoms with Crippen LogP contribution in [0.25, 0.3) is 0 Å². The molecule has 0 radical (unpaired) electrons. The van der Waals surface area contributed by atoms with Gasteiger partial charge in [0, 0.05) is 40.3 Å². The number of aliphatic hydroxyl groups excluding tert-OH is 1. The van der Waals surface area contributed by atoms with Crippen molar-refractivity contribution >= 4 is 25.6 Å². The molecule has 0 aromatic heterocycles. The summed E-state index contributed by atoms with van der Waals surface area (Å²) in [6, 6.07) is 3.75. The third-order valence-electron chi connectivity index (χ3n) is 6.01. The first-order chi connectivity index (χ1) is 15.7. The van der Waals surface area contributed by atoms with E-state index in [-0.39, 0.29) is 25.2 Å². The van der Waals surface area contributed by atoms with Crippen molar-refractivity contribution in [2.75, 3.05) is 45.1 Å². The molecule has 3 rings (SSSR count). The SMILES string of the molecule is CC=C1CC2C(=O)N(COCC[Si](C)(C)C)c3cc(OCCCO)c(OC)cc3C(=O)N2C1. The van der Waals surface area contributed by atoms with E-state index in [0.29, 0.717) is 55.4 Å². The van der Waals surface area contributed by atoms with E-state index in [1.807, 2.05) is 13.0 Å². The lowest BCUT2D eigenvalue weighted by molar-refractivity contribution is -0.123. The summed E-state index contributed by atoms with van der Waals surface area (Å²) in [5.41, 5.74) is 1.93. The van der Waals surface area contributed by atoms with Crippen molar-refractivity contribution < 1.29 is 28.9 Å². The zero-order valence-electron chi connectivity index (χ0n) is 20.3. The van der Waals surface area contributed by atoms with E-state index in [4.69, 9.17) is 19.3 Å². The van der Waals surface area contributed by atoms with Crippen molar-refractivity contribution in [3.8, 4) is 11.5 Å². The second-order valence-corrected chi connectivity index (χ2v) is 15.3. The number of hydrogen-bond donors (Lipinski definition) is 1. The Hall–Kier alpha value is -2.36. The first-order valence-electron chi connectivity index (χ1n) is 11.5. The molecule has 1 atom stereocenters. The summed E-state index contributed by atoms with van der Waals surface area (Å²) >= 11 is 0. The summed E-state index contributed by atoms with van der Waals surface area (Å²) in [5, 5.41) is 9.09. The minimum atomic E-state index is -1.28. The molecule has 1 fully saturated rings. The average Bonchev–Trinajstić information content (AvgIpc) is 3.19. The van der Waals surface area contributed by atoms with Crippen molar-refractivity contribution in [1.29, 1.82) is 0 Å². The summed E-state index contributed by atoms with van der Waals surface area (Å²) < 4.78 is 17.2. The molecule has 1 aromatic carbocycles. The molecule has 2 heterocycles. The van der Waals surface area contributed by atoms with Gasteiger partial charge in [-0.25, -0.2) is 0 Å². The normalized spacial score (nSPS) is 19.6. The molecule has 0 aliphatic carbocycles. The maximum absolute atomic E-state index is 13.6. The molecule has 9 heteroatoms. The first-order valence-corrected chi connectivity index (χ1v) is 15.2. The Kier molecular flexibility index (Phi) is 8.20. The van der Waals surface area contributed by atoms with E-state index in [2.05, 4.69) is 19.6 Å². The van der Waals surface area contributed by atoms with Gasteiger partial charge in [0.05, 0.1) is 25.0 Å². The number of carbonyl (C=O) groups excluding carboxylic acids is 2. The fraction of sp³-hybridized carbons (Fsp3) is 0.583. The Labute approximate surface area is 197 Å². The van der Waals surface area contributed by atoms with Crippen molar-refractivity contribution in [2.24, 2.45) is 0 Å². The van der Waals surface area contributed by atoms with Gasteiger partial charge in [0.2, 0.25) is 0 Å². The Bertz CT molecular complexity index is 911. The molecular formula is C24H36N2O6Si. The molecule has 1 unspecified atom stereocenters. The summed E-state index contributed by atoms with van der Waals surface area (Å²) in [4.78, 5) is 30.4. The van der Waals surface area contributed by atoms with Gasteiger partial charge in [0.25, 0.3) is 11.8 Å². The van der Waals surface area contributed by atoms with Gasteiger partial charge in [-0.3, -0.25) is 14.5 Å². The van der Waals surface area contributed by atoms with Gasteiger partial charge in [0.15, 0.2) is 11.5 Å². The molecule has 2 amide bonds. The van der Waals surface area contributed by atoms with Crippen LogP contribution < -0.4 is 14.4 Å². The van der Waals surface area contributed by atoms with Gasteiger partial charge in [-0.1, -0.05) is 31.3 Å². The number of rotatable bonds is 10. The molecule has 33 heavy (non-hydrogen) atoms. The van der Waals surface area contributed by atoms with Gasteiger partial charge in [-0.2, -0.15) is 0 Å². The second-order valence-electron chi connectivity index (χ2n) is 9.66. The topological polar surface area (TPSA) is 88.5 Å². The number of allylic oxidation sites excluding steroid dienone is 1. The lowest BCUT2D eigenvalue weighted by Crippen LogP contribution is -2.45. The van der Waals surface area contributed by atoms with E-state index in [0.717, 1.165) is 11.6 Å². The Morgan fingerprint density at radius 2 is 1.94 bits per heavy atom. The smallest absolute Gasteiger partial charge is 0.257 e. The predicted molar refractivity (Wildman–Crippen MR) is 130 cm³/mol. The largest absolute Gasteiger partial charge is 0.493 e. The zero-order valence-corrected chi connectivity index (χ0v) is 21.3. The summed E-state index contributed by atoms with van der Waals surface area (Å²) in [6.45, 7) is 10.1. The number of methoxy groups -OCH3 is 1. The van der Waals surface area contributed by atoms with Crippen LogP contribution in [0, 0.1) is 0 Å². The third-order valence-corrected chi connectivity index (χ3v) is 7.71. The van der Waals surface area contributed by atoms with E-state index in [9.17, 15) is 9.59 Å². The monoisotopic (exact) mass is 476 g/mol. The van der Waals surface area contributed by atoms with Crippen LogP contribution in [0.4, 0.5) is 5.69 Å². The second kappa shape index (κ2) is 10.7. The molecule has 8 nitrogen and oxygen atoms in total. The maximum atomic E-state index is 13.6. The number of hydrogen-bond acceptors (Lipinski definition) is 6. The van der Waals surface area contributed by atoms with Crippen LogP contribution in [0.2, 0.25) is 25.7 Å². The molecule has 182 valence electrons. The standard InChI is InChI=1S/C24H36N2O6Si/c1-6-17-12-20-24(29)26(16-31-10-11-33(3,4)5)19-14-22(32-9-7-8-27)21(30-2)13-18(19)23(28)25(20)15-17/h6,13-14,20,27H,7-12,15-16H2,1-5H3. The number of aliphatic hydroxyl groups is 1. The van der Waals surface area contributed by atoms with Gasteiger partial charge in [-0.05, 0) is 25.5 Å². The molecule has 1 saturated heterocycles. The molecule has 1 aromatic rings. The summed E-state index contributed by atoms with van der Waals surface area (Å²) in [6.07, 6.45) is 2.96. The lowest BCUT2D eigenvalue weighted by Gasteiger charge is -2.26. The van der Waals surface area contributed by atoms with Crippen molar-refractivity contribution in [2.45, 2.75) is 51.5 Å². The van der Waals surface area contributed by atoms with E-state index < -0.39 is 14.1 Å². The van der Waals surface area contributed by atoms with Gasteiger partial charge in [-0.15, -0.1) is 0 Å². The summed E-state index contributed by atoms with van der Waals surface area (Å²) in [7, 11) is 0.230. The van der Waals surface area contributed by atoms with E-state index in [1.165, 1.54) is 7.11 Å². The lowest BCUT2D eigenvalue weighted by atomic mass is 10.1. The van der Waals surface area contributed by atoms with E-state index in [1.54, 1.807) is 21.9 Å². The predicted octanol–water partition coefficient (Wildman–Crippen LogP) is 3.28. The van der Waals surface area contributed by atoms with Crippen LogP contribution in [0.5, 0.6) is 11.5 Å². The van der Waals surface area contributed by atoms with Crippen LogP contribution in [-0.2, 0) is 9.53 Å². The number of benzene rings is 1. The number of nitrogens with zero attached hydrogens (tertiary/aromatic N) is 2. The minimum Gasteiger partial charge on any atom is -0.493 e. The number of fused-ring (bicyclic) bond motifs is 2. The van der Waals surface area contributed by atoms with Crippen molar-refractivity contribution in [1.82, 2.24) is 4.90 Å². The molecule has 0 spiro atoms. The highest BCUT2D eigenvalue weighted by atomic mass is 28.3. The molecule has 2 aliphatic rings. The van der Waals surface area contributed by atoms with Gasteiger partial charge >= 0.3 is 0 Å². The fourth-order valence-electron chi connectivity index (χ4n) is 3.98. The first kappa shape index (κ1) is 25.3. The number of carbonyl (C=O) groups is 2. The van der Waals surface area contributed by atoms with Crippen LogP contribution in [0.3, 0.4) is 0 Å². The molecule has 2 aliphatic heterocycles. The fourth-order valence-corrected chi connectivity index (χ4v) is 4.74. The number of amides is 2. The molecule has 0 bridgehead atoms. The molecule has 1 N–H and O–H groups in total. The highest BCUT2D eigenvalue weighted by Gasteiger charge is 2.44. The van der Waals surface area contributed by atoms with Crippen LogP contribution in [0.1, 0.15) is 30.1 Å². The highest BCUT2D eigenvalue weighted by Crippen LogP contribution is 2.40.